The van der Waals surface area contributed by atoms with Gasteiger partial charge in [0.1, 0.15) is 5.82 Å². The summed E-state index contributed by atoms with van der Waals surface area (Å²) in [5.74, 6) is 2.18. The molecule has 1 N–H and O–H groups in total. The maximum atomic E-state index is 12.7. The lowest BCUT2D eigenvalue weighted by atomic mass is 10.0. The van der Waals surface area contributed by atoms with E-state index in [0.717, 1.165) is 17.3 Å². The number of likely N-dealkylation sites (N-methyl/N-ethyl adjacent to an activating group) is 1. The van der Waals surface area contributed by atoms with Crippen LogP contribution in [0.1, 0.15) is 56.8 Å². The van der Waals surface area contributed by atoms with Crippen LogP contribution in [0.25, 0.3) is 5.69 Å². The Morgan fingerprint density at radius 1 is 1.06 bits per heavy atom. The second-order valence-corrected chi connectivity index (χ2v) is 9.52. The van der Waals surface area contributed by atoms with E-state index < -0.39 is 0 Å². The van der Waals surface area contributed by atoms with Crippen LogP contribution in [0, 0.1) is 5.92 Å². The Bertz CT molecular complexity index is 1140. The lowest BCUT2D eigenvalue weighted by Crippen LogP contribution is -2.38. The first-order chi connectivity index (χ1) is 15.9. The highest BCUT2D eigenvalue weighted by molar-refractivity contribution is 5.94. The third-order valence-corrected chi connectivity index (χ3v) is 6.61. The summed E-state index contributed by atoms with van der Waals surface area (Å²) in [7, 11) is 1.83. The molecule has 5 rings (SSSR count). The zero-order valence-corrected chi connectivity index (χ0v) is 19.6. The van der Waals surface area contributed by atoms with Gasteiger partial charge in [-0.25, -0.2) is 14.8 Å². The Morgan fingerprint density at radius 2 is 1.82 bits per heavy atom. The fourth-order valence-electron chi connectivity index (χ4n) is 4.40. The molecule has 0 spiro atoms. The zero-order valence-electron chi connectivity index (χ0n) is 19.6. The van der Waals surface area contributed by atoms with Crippen LogP contribution in [0.15, 0.2) is 49.1 Å². The van der Waals surface area contributed by atoms with E-state index in [-0.39, 0.29) is 18.1 Å². The number of hydrogen-bond acceptors (Lipinski definition) is 5. The highest BCUT2D eigenvalue weighted by Crippen LogP contribution is 2.40. The van der Waals surface area contributed by atoms with Crippen molar-refractivity contribution in [1.82, 2.24) is 24.4 Å². The quantitative estimate of drug-likeness (QED) is 0.575. The zero-order chi connectivity index (χ0) is 23.1. The van der Waals surface area contributed by atoms with E-state index in [0.29, 0.717) is 24.2 Å². The van der Waals surface area contributed by atoms with Crippen LogP contribution in [0.5, 0.6) is 0 Å². The van der Waals surface area contributed by atoms with Gasteiger partial charge in [0.25, 0.3) is 0 Å². The van der Waals surface area contributed by atoms with Gasteiger partial charge in [-0.2, -0.15) is 4.98 Å². The molecule has 3 aromatic rings. The molecule has 172 valence electrons. The third kappa shape index (κ3) is 4.29. The van der Waals surface area contributed by atoms with Gasteiger partial charge in [0.15, 0.2) is 0 Å². The smallest absolute Gasteiger partial charge is 0.325 e. The molecule has 2 amide bonds. The summed E-state index contributed by atoms with van der Waals surface area (Å²) in [5, 5.41) is 3.34. The van der Waals surface area contributed by atoms with Crippen LogP contribution in [-0.2, 0) is 0 Å². The molecular weight excluding hydrogens is 414 g/mol. The molecule has 1 aliphatic heterocycles. The first-order valence-electron chi connectivity index (χ1n) is 11.7. The average molecular weight is 446 g/mol. The van der Waals surface area contributed by atoms with E-state index in [9.17, 15) is 4.79 Å². The monoisotopic (exact) mass is 445 g/mol. The van der Waals surface area contributed by atoms with Crippen molar-refractivity contribution in [3.05, 3.63) is 60.3 Å². The Kier molecular flexibility index (Phi) is 5.52. The molecule has 3 heterocycles. The van der Waals surface area contributed by atoms with E-state index in [1.807, 2.05) is 31.1 Å². The van der Waals surface area contributed by atoms with E-state index in [1.54, 1.807) is 22.1 Å². The molecule has 2 aromatic heterocycles. The molecule has 1 saturated heterocycles. The van der Waals surface area contributed by atoms with Gasteiger partial charge >= 0.3 is 6.03 Å². The van der Waals surface area contributed by atoms with Crippen molar-refractivity contribution >= 4 is 17.8 Å². The molecule has 2 aliphatic rings. The minimum Gasteiger partial charge on any atom is -0.346 e. The van der Waals surface area contributed by atoms with Crippen molar-refractivity contribution in [2.45, 2.75) is 51.6 Å². The van der Waals surface area contributed by atoms with Gasteiger partial charge in [-0.3, -0.25) is 4.90 Å². The highest BCUT2D eigenvalue weighted by atomic mass is 16.2. The summed E-state index contributed by atoms with van der Waals surface area (Å²) in [4.78, 5) is 29.9. The average Bonchev–Trinajstić information content (AvgIpc) is 3.46. The topological polar surface area (TPSA) is 79.2 Å². The maximum Gasteiger partial charge on any atom is 0.325 e. The fraction of sp³-hybridized carbons (Fsp3) is 0.440. The fourth-order valence-corrected chi connectivity index (χ4v) is 4.40. The number of carbonyl (C=O) groups excluding carboxylic acids is 1. The Balaban J connectivity index is 1.30. The molecule has 0 bridgehead atoms. The summed E-state index contributed by atoms with van der Waals surface area (Å²) in [6.07, 6.45) is 8.17. The Hall–Kier alpha value is -3.42. The lowest BCUT2D eigenvalue weighted by Gasteiger charge is -2.25. The predicted molar refractivity (Wildman–Crippen MR) is 129 cm³/mol. The van der Waals surface area contributed by atoms with E-state index in [4.69, 9.17) is 0 Å². The second kappa shape index (κ2) is 8.50. The Labute approximate surface area is 194 Å². The molecule has 1 unspecified atom stereocenters. The summed E-state index contributed by atoms with van der Waals surface area (Å²) in [6.45, 7) is 6.98. The number of benzene rings is 1. The molecule has 8 heteroatoms. The minimum absolute atomic E-state index is 0.0298. The van der Waals surface area contributed by atoms with E-state index in [2.05, 4.69) is 58.4 Å². The predicted octanol–water partition coefficient (Wildman–Crippen LogP) is 4.61. The first-order valence-corrected chi connectivity index (χ1v) is 11.7. The van der Waals surface area contributed by atoms with Crippen molar-refractivity contribution in [2.24, 2.45) is 5.92 Å². The molecule has 8 nitrogen and oxygen atoms in total. The SMILES string of the molecule is CC(C)C1CN(C)C(=O)N1c1ccnc(N[C@@H](C)c2cn(-c3ccc(C4CC4)cc3)cn2)n1. The first kappa shape index (κ1) is 21.4. The number of anilines is 2. The summed E-state index contributed by atoms with van der Waals surface area (Å²) in [5.41, 5.74) is 3.42. The normalized spacial score (nSPS) is 19.4. The number of imidazole rings is 1. The van der Waals surface area contributed by atoms with Gasteiger partial charge in [-0.1, -0.05) is 26.0 Å². The van der Waals surface area contributed by atoms with Crippen LogP contribution in [0.4, 0.5) is 16.6 Å². The Morgan fingerprint density at radius 3 is 2.52 bits per heavy atom. The number of amides is 2. The number of rotatable bonds is 7. The standard InChI is InChI=1S/C25H31N7O/c1-16(2)22-14-30(4)25(33)32(22)23-11-12-26-24(29-23)28-17(3)21-13-31(15-27-21)20-9-7-19(8-10-20)18-5-6-18/h7-13,15-18,22H,5-6,14H2,1-4H3,(H,26,28,29)/t17-,22?/m0/s1. The number of nitrogens with zero attached hydrogens (tertiary/aromatic N) is 6. The molecule has 1 aliphatic carbocycles. The molecule has 33 heavy (non-hydrogen) atoms. The van der Waals surface area contributed by atoms with Crippen molar-refractivity contribution in [3.63, 3.8) is 0 Å². The van der Waals surface area contributed by atoms with Crippen LogP contribution < -0.4 is 10.2 Å². The molecule has 0 radical (unpaired) electrons. The maximum absolute atomic E-state index is 12.7. The van der Waals surface area contributed by atoms with Gasteiger partial charge in [0, 0.05) is 31.7 Å². The summed E-state index contributed by atoms with van der Waals surface area (Å²) >= 11 is 0. The van der Waals surface area contributed by atoms with Crippen molar-refractivity contribution in [1.29, 1.82) is 0 Å². The van der Waals surface area contributed by atoms with Gasteiger partial charge in [0.2, 0.25) is 5.95 Å². The third-order valence-electron chi connectivity index (χ3n) is 6.61. The summed E-state index contributed by atoms with van der Waals surface area (Å²) in [6, 6.07) is 10.5. The van der Waals surface area contributed by atoms with E-state index >= 15 is 0 Å². The summed E-state index contributed by atoms with van der Waals surface area (Å²) < 4.78 is 2.04. The van der Waals surface area contributed by atoms with Gasteiger partial charge < -0.3 is 14.8 Å². The van der Waals surface area contributed by atoms with Crippen molar-refractivity contribution in [2.75, 3.05) is 23.8 Å². The van der Waals surface area contributed by atoms with Gasteiger partial charge in [0.05, 0.1) is 24.1 Å². The molecule has 2 fully saturated rings. The van der Waals surface area contributed by atoms with Crippen LogP contribution in [-0.4, -0.2) is 50.1 Å². The van der Waals surface area contributed by atoms with Crippen LogP contribution in [0.2, 0.25) is 0 Å². The van der Waals surface area contributed by atoms with Gasteiger partial charge in [-0.05, 0) is 55.4 Å². The van der Waals surface area contributed by atoms with Crippen molar-refractivity contribution in [3.8, 4) is 5.69 Å². The largest absolute Gasteiger partial charge is 0.346 e. The van der Waals surface area contributed by atoms with Crippen LogP contribution >= 0.6 is 0 Å². The van der Waals surface area contributed by atoms with Gasteiger partial charge in [-0.15, -0.1) is 0 Å². The molecule has 2 atom stereocenters. The number of aromatic nitrogens is 4. The van der Waals surface area contributed by atoms with E-state index in [1.165, 1.54) is 18.4 Å². The minimum atomic E-state index is -0.0925. The molecule has 1 saturated carbocycles. The highest BCUT2D eigenvalue weighted by Gasteiger charge is 2.38. The molecule has 1 aromatic carbocycles. The number of carbonyl (C=O) groups is 1. The van der Waals surface area contributed by atoms with Crippen molar-refractivity contribution < 1.29 is 4.79 Å². The number of hydrogen-bond donors (Lipinski definition) is 1. The number of nitrogens with one attached hydrogen (secondary N) is 1. The molecular formula is C25H31N7O. The number of urea groups is 1. The second-order valence-electron chi connectivity index (χ2n) is 9.52. The lowest BCUT2D eigenvalue weighted by molar-refractivity contribution is 0.229. The van der Waals surface area contributed by atoms with Crippen LogP contribution in [0.3, 0.4) is 0 Å².